The summed E-state index contributed by atoms with van der Waals surface area (Å²) in [5, 5.41) is 3.29. The predicted molar refractivity (Wildman–Crippen MR) is 79.4 cm³/mol. The van der Waals surface area contributed by atoms with E-state index in [0.29, 0.717) is 12.6 Å². The van der Waals surface area contributed by atoms with Gasteiger partial charge in [0.25, 0.3) is 0 Å². The summed E-state index contributed by atoms with van der Waals surface area (Å²) < 4.78 is 0. The van der Waals surface area contributed by atoms with Crippen LogP contribution in [-0.4, -0.2) is 35.6 Å². The molecule has 1 aromatic heterocycles. The Bertz CT molecular complexity index is 389. The highest BCUT2D eigenvalue weighted by molar-refractivity contribution is 5.49. The Morgan fingerprint density at radius 3 is 2.79 bits per heavy atom. The standard InChI is InChI=1S/C14H25N5/c1-11(9-15)18-13-8-14(17-10-16-13)19(2)12-6-4-3-5-7-12/h8,10-12H,3-7,9,15H2,1-2H3,(H,16,17,18). The van der Waals surface area contributed by atoms with Crippen molar-refractivity contribution in [2.75, 3.05) is 23.8 Å². The molecule has 5 nitrogen and oxygen atoms in total. The summed E-state index contributed by atoms with van der Waals surface area (Å²) in [7, 11) is 2.13. The summed E-state index contributed by atoms with van der Waals surface area (Å²) >= 11 is 0. The fourth-order valence-electron chi connectivity index (χ4n) is 2.59. The van der Waals surface area contributed by atoms with E-state index in [4.69, 9.17) is 5.73 Å². The Morgan fingerprint density at radius 1 is 1.37 bits per heavy atom. The first-order chi connectivity index (χ1) is 9.20. The van der Waals surface area contributed by atoms with Crippen LogP contribution in [0, 0.1) is 0 Å². The third-order valence-electron chi connectivity index (χ3n) is 3.88. The number of rotatable bonds is 5. The van der Waals surface area contributed by atoms with Crippen LogP contribution in [-0.2, 0) is 0 Å². The molecule has 0 aliphatic heterocycles. The maximum absolute atomic E-state index is 5.62. The largest absolute Gasteiger partial charge is 0.366 e. The lowest BCUT2D eigenvalue weighted by Gasteiger charge is -2.32. The van der Waals surface area contributed by atoms with Crippen molar-refractivity contribution in [1.82, 2.24) is 9.97 Å². The van der Waals surface area contributed by atoms with Crippen LogP contribution in [0.25, 0.3) is 0 Å². The molecular weight excluding hydrogens is 238 g/mol. The SMILES string of the molecule is CC(CN)Nc1cc(N(C)C2CCCCC2)ncn1. The van der Waals surface area contributed by atoms with E-state index < -0.39 is 0 Å². The van der Waals surface area contributed by atoms with Crippen molar-refractivity contribution in [3.63, 3.8) is 0 Å². The first kappa shape index (κ1) is 14.1. The number of nitrogens with zero attached hydrogens (tertiary/aromatic N) is 3. The van der Waals surface area contributed by atoms with E-state index in [-0.39, 0.29) is 6.04 Å². The minimum Gasteiger partial charge on any atom is -0.366 e. The number of hydrogen-bond donors (Lipinski definition) is 2. The van der Waals surface area contributed by atoms with Gasteiger partial charge in [-0.3, -0.25) is 0 Å². The summed E-state index contributed by atoms with van der Waals surface area (Å²) in [5.74, 6) is 1.85. The molecule has 1 aliphatic rings. The van der Waals surface area contributed by atoms with Crippen molar-refractivity contribution in [2.45, 2.75) is 51.1 Å². The lowest BCUT2D eigenvalue weighted by atomic mass is 9.94. The average molecular weight is 263 g/mol. The van der Waals surface area contributed by atoms with Gasteiger partial charge in [-0.25, -0.2) is 9.97 Å². The highest BCUT2D eigenvalue weighted by atomic mass is 15.2. The van der Waals surface area contributed by atoms with Crippen LogP contribution in [0.1, 0.15) is 39.0 Å². The average Bonchev–Trinajstić information content (AvgIpc) is 2.47. The molecule has 1 aliphatic carbocycles. The van der Waals surface area contributed by atoms with Crippen molar-refractivity contribution in [3.05, 3.63) is 12.4 Å². The Labute approximate surface area is 115 Å². The molecule has 1 unspecified atom stereocenters. The smallest absolute Gasteiger partial charge is 0.134 e. The van der Waals surface area contributed by atoms with Crippen LogP contribution in [0.2, 0.25) is 0 Å². The lowest BCUT2D eigenvalue weighted by Crippen LogP contribution is -2.34. The second-order valence-corrected chi connectivity index (χ2v) is 5.45. The summed E-state index contributed by atoms with van der Waals surface area (Å²) in [6, 6.07) is 2.85. The van der Waals surface area contributed by atoms with Gasteiger partial charge in [0, 0.05) is 31.7 Å². The molecule has 1 aromatic rings. The molecule has 0 saturated heterocycles. The molecule has 1 heterocycles. The van der Waals surface area contributed by atoms with Crippen molar-refractivity contribution in [2.24, 2.45) is 5.73 Å². The van der Waals surface area contributed by atoms with E-state index in [2.05, 4.69) is 27.2 Å². The van der Waals surface area contributed by atoms with E-state index in [1.165, 1.54) is 32.1 Å². The molecular formula is C14H25N5. The molecule has 1 fully saturated rings. The number of anilines is 2. The number of aromatic nitrogens is 2. The third-order valence-corrected chi connectivity index (χ3v) is 3.88. The summed E-state index contributed by atoms with van der Waals surface area (Å²) in [6.45, 7) is 2.64. The van der Waals surface area contributed by atoms with E-state index in [0.717, 1.165) is 11.6 Å². The van der Waals surface area contributed by atoms with Gasteiger partial charge < -0.3 is 16.0 Å². The second-order valence-electron chi connectivity index (χ2n) is 5.45. The highest BCUT2D eigenvalue weighted by Crippen LogP contribution is 2.25. The molecule has 0 radical (unpaired) electrons. The van der Waals surface area contributed by atoms with E-state index in [9.17, 15) is 0 Å². The first-order valence-electron chi connectivity index (χ1n) is 7.22. The van der Waals surface area contributed by atoms with E-state index >= 15 is 0 Å². The Morgan fingerprint density at radius 2 is 2.11 bits per heavy atom. The van der Waals surface area contributed by atoms with Crippen LogP contribution in [0.5, 0.6) is 0 Å². The molecule has 0 spiro atoms. The molecule has 2 rings (SSSR count). The van der Waals surface area contributed by atoms with Gasteiger partial charge in [0.1, 0.15) is 18.0 Å². The monoisotopic (exact) mass is 263 g/mol. The molecule has 0 bridgehead atoms. The summed E-state index contributed by atoms with van der Waals surface area (Å²) in [5.41, 5.74) is 5.62. The topological polar surface area (TPSA) is 67.1 Å². The molecule has 19 heavy (non-hydrogen) atoms. The molecule has 0 aromatic carbocycles. The van der Waals surface area contributed by atoms with Crippen LogP contribution in [0.15, 0.2) is 12.4 Å². The Hall–Kier alpha value is -1.36. The maximum Gasteiger partial charge on any atom is 0.134 e. The summed E-state index contributed by atoms with van der Waals surface area (Å²) in [6.07, 6.45) is 8.19. The molecule has 0 amide bonds. The van der Waals surface area contributed by atoms with Gasteiger partial charge in [0.15, 0.2) is 0 Å². The molecule has 3 N–H and O–H groups in total. The molecule has 1 atom stereocenters. The zero-order chi connectivity index (χ0) is 13.7. The van der Waals surface area contributed by atoms with Crippen molar-refractivity contribution in [1.29, 1.82) is 0 Å². The van der Waals surface area contributed by atoms with Crippen molar-refractivity contribution in [3.8, 4) is 0 Å². The van der Waals surface area contributed by atoms with Crippen LogP contribution < -0.4 is 16.0 Å². The van der Waals surface area contributed by atoms with Crippen molar-refractivity contribution < 1.29 is 0 Å². The van der Waals surface area contributed by atoms with Gasteiger partial charge in [-0.2, -0.15) is 0 Å². The molecule has 1 saturated carbocycles. The van der Waals surface area contributed by atoms with Gasteiger partial charge in [-0.05, 0) is 19.8 Å². The Balaban J connectivity index is 2.04. The number of hydrogen-bond acceptors (Lipinski definition) is 5. The predicted octanol–water partition coefficient (Wildman–Crippen LogP) is 2.00. The molecule has 106 valence electrons. The maximum atomic E-state index is 5.62. The zero-order valence-electron chi connectivity index (χ0n) is 12.0. The van der Waals surface area contributed by atoms with Crippen LogP contribution in [0.3, 0.4) is 0 Å². The van der Waals surface area contributed by atoms with E-state index in [1.807, 2.05) is 13.0 Å². The minimum atomic E-state index is 0.225. The zero-order valence-corrected chi connectivity index (χ0v) is 12.0. The van der Waals surface area contributed by atoms with Crippen molar-refractivity contribution >= 4 is 11.6 Å². The van der Waals surface area contributed by atoms with Crippen LogP contribution >= 0.6 is 0 Å². The number of nitrogens with one attached hydrogen (secondary N) is 1. The lowest BCUT2D eigenvalue weighted by molar-refractivity contribution is 0.426. The van der Waals surface area contributed by atoms with Gasteiger partial charge >= 0.3 is 0 Å². The van der Waals surface area contributed by atoms with Gasteiger partial charge in [0.2, 0.25) is 0 Å². The number of nitrogens with two attached hydrogens (primary N) is 1. The third kappa shape index (κ3) is 3.80. The van der Waals surface area contributed by atoms with Gasteiger partial charge in [-0.1, -0.05) is 19.3 Å². The Kier molecular flexibility index (Phi) is 4.96. The van der Waals surface area contributed by atoms with Crippen LogP contribution in [0.4, 0.5) is 11.6 Å². The van der Waals surface area contributed by atoms with Gasteiger partial charge in [-0.15, -0.1) is 0 Å². The van der Waals surface area contributed by atoms with E-state index in [1.54, 1.807) is 6.33 Å². The molecule has 5 heteroatoms. The minimum absolute atomic E-state index is 0.225. The van der Waals surface area contributed by atoms with Gasteiger partial charge in [0.05, 0.1) is 0 Å². The quantitative estimate of drug-likeness (QED) is 0.850. The first-order valence-corrected chi connectivity index (χ1v) is 7.22. The fourth-order valence-corrected chi connectivity index (χ4v) is 2.59. The second kappa shape index (κ2) is 6.70. The highest BCUT2D eigenvalue weighted by Gasteiger charge is 2.19. The summed E-state index contributed by atoms with van der Waals surface area (Å²) in [4.78, 5) is 10.9. The fraction of sp³-hybridized carbons (Fsp3) is 0.714. The normalized spacial score (nSPS) is 18.1.